The van der Waals surface area contributed by atoms with E-state index in [0.29, 0.717) is 22.3 Å². The van der Waals surface area contributed by atoms with Crippen LogP contribution in [-0.2, 0) is 0 Å². The first-order chi connectivity index (χ1) is 13.1. The van der Waals surface area contributed by atoms with E-state index >= 15 is 0 Å². The Morgan fingerprint density at radius 2 is 1.93 bits per heavy atom. The van der Waals surface area contributed by atoms with Gasteiger partial charge in [-0.05, 0) is 66.5 Å². The lowest BCUT2D eigenvalue weighted by Gasteiger charge is -2.08. The van der Waals surface area contributed by atoms with E-state index in [1.165, 1.54) is 24.1 Å². The van der Waals surface area contributed by atoms with Crippen LogP contribution in [0, 0.1) is 5.82 Å². The van der Waals surface area contributed by atoms with Crippen molar-refractivity contribution in [3.05, 3.63) is 83.9 Å². The molecular formula is C20H14FN3O2S. The van der Waals surface area contributed by atoms with E-state index in [1.807, 2.05) is 0 Å². The predicted octanol–water partition coefficient (Wildman–Crippen LogP) is 4.76. The number of hydrogen-bond donors (Lipinski definition) is 3. The van der Waals surface area contributed by atoms with Gasteiger partial charge in [0.25, 0.3) is 0 Å². The highest BCUT2D eigenvalue weighted by molar-refractivity contribution is 8.00. The van der Waals surface area contributed by atoms with Crippen molar-refractivity contribution < 1.29 is 14.3 Å². The third-order valence-electron chi connectivity index (χ3n) is 4.03. The number of nitrogens with zero attached hydrogens (tertiary/aromatic N) is 1. The number of phenolic OH excluding ortho intramolecular Hbond substituents is 1. The van der Waals surface area contributed by atoms with E-state index in [1.54, 1.807) is 54.9 Å². The van der Waals surface area contributed by atoms with Crippen LogP contribution < -0.4 is 4.72 Å². The fraction of sp³-hybridized carbons (Fsp3) is 0. The molecule has 134 valence electrons. The molecule has 0 aliphatic heterocycles. The molecule has 2 aromatic carbocycles. The topological polar surface area (TPSA) is 78.0 Å². The Balaban J connectivity index is 1.60. The molecule has 2 aromatic heterocycles. The minimum atomic E-state index is -0.585. The fourth-order valence-corrected chi connectivity index (χ4v) is 3.32. The normalized spacial score (nSPS) is 10.9. The number of rotatable bonds is 5. The van der Waals surface area contributed by atoms with Gasteiger partial charge in [-0.3, -0.25) is 4.79 Å². The highest BCUT2D eigenvalue weighted by atomic mass is 32.2. The third kappa shape index (κ3) is 3.50. The smallest absolute Gasteiger partial charge is 0.198 e. The van der Waals surface area contributed by atoms with Crippen LogP contribution >= 0.6 is 11.9 Å². The van der Waals surface area contributed by atoms with Gasteiger partial charge in [0, 0.05) is 33.9 Å². The maximum Gasteiger partial charge on any atom is 0.198 e. The van der Waals surface area contributed by atoms with Gasteiger partial charge in [-0.15, -0.1) is 0 Å². The van der Waals surface area contributed by atoms with Gasteiger partial charge in [-0.2, -0.15) is 0 Å². The molecule has 0 atom stereocenters. The zero-order valence-corrected chi connectivity index (χ0v) is 14.8. The summed E-state index contributed by atoms with van der Waals surface area (Å²) in [6.45, 7) is 0. The first-order valence-electron chi connectivity index (χ1n) is 8.10. The van der Waals surface area contributed by atoms with Gasteiger partial charge in [0.15, 0.2) is 5.78 Å². The summed E-state index contributed by atoms with van der Waals surface area (Å²) in [6, 6.07) is 14.5. The van der Waals surface area contributed by atoms with Crippen LogP contribution in [0.5, 0.6) is 5.75 Å². The van der Waals surface area contributed by atoms with Gasteiger partial charge < -0.3 is 14.8 Å². The molecule has 0 amide bonds. The van der Waals surface area contributed by atoms with Crippen molar-refractivity contribution in [3.8, 4) is 5.75 Å². The van der Waals surface area contributed by atoms with Crippen molar-refractivity contribution in [2.75, 3.05) is 4.72 Å². The molecule has 0 fully saturated rings. The van der Waals surface area contributed by atoms with Crippen molar-refractivity contribution in [3.63, 3.8) is 0 Å². The molecule has 7 heteroatoms. The van der Waals surface area contributed by atoms with E-state index in [4.69, 9.17) is 0 Å². The number of anilines is 1. The van der Waals surface area contributed by atoms with E-state index in [0.717, 1.165) is 4.90 Å². The van der Waals surface area contributed by atoms with E-state index < -0.39 is 11.6 Å². The van der Waals surface area contributed by atoms with Crippen LogP contribution in [0.15, 0.2) is 71.9 Å². The number of benzene rings is 2. The second-order valence-corrected chi connectivity index (χ2v) is 6.70. The molecule has 0 radical (unpaired) electrons. The number of phenols is 1. The molecule has 2 heterocycles. The fourth-order valence-electron chi connectivity index (χ4n) is 2.68. The van der Waals surface area contributed by atoms with Crippen LogP contribution in [0.4, 0.5) is 10.1 Å². The number of aromatic nitrogens is 2. The number of carbonyl (C=O) groups is 1. The Kier molecular flexibility index (Phi) is 4.52. The van der Waals surface area contributed by atoms with Crippen molar-refractivity contribution in [1.82, 2.24) is 9.97 Å². The lowest BCUT2D eigenvalue weighted by molar-refractivity contribution is 0.103. The van der Waals surface area contributed by atoms with Crippen LogP contribution in [0.2, 0.25) is 0 Å². The average molecular weight is 379 g/mol. The predicted molar refractivity (Wildman–Crippen MR) is 104 cm³/mol. The summed E-state index contributed by atoms with van der Waals surface area (Å²) in [5, 5.41) is 9.97. The molecule has 0 saturated carbocycles. The summed E-state index contributed by atoms with van der Waals surface area (Å²) >= 11 is 1.30. The van der Waals surface area contributed by atoms with E-state index in [9.17, 15) is 14.3 Å². The third-order valence-corrected chi connectivity index (χ3v) is 4.88. The van der Waals surface area contributed by atoms with Gasteiger partial charge in [0.1, 0.15) is 17.2 Å². The monoisotopic (exact) mass is 379 g/mol. The Bertz CT molecular complexity index is 1130. The van der Waals surface area contributed by atoms with Gasteiger partial charge >= 0.3 is 0 Å². The zero-order chi connectivity index (χ0) is 18.8. The number of pyridine rings is 1. The molecule has 0 unspecified atom stereocenters. The van der Waals surface area contributed by atoms with Crippen LogP contribution in [0.1, 0.15) is 15.9 Å². The number of carbonyl (C=O) groups excluding carboxylic acids is 1. The summed E-state index contributed by atoms with van der Waals surface area (Å²) in [6.07, 6.45) is 3.17. The number of halogens is 1. The zero-order valence-electron chi connectivity index (χ0n) is 13.9. The molecule has 3 N–H and O–H groups in total. The SMILES string of the molecule is O=C(c1cc(NSc2ccc(O)cc2)ccc1F)c1c[nH]c2ncccc12. The van der Waals surface area contributed by atoms with Gasteiger partial charge in [-0.1, -0.05) is 0 Å². The maximum absolute atomic E-state index is 14.3. The van der Waals surface area contributed by atoms with Crippen LogP contribution in [-0.4, -0.2) is 20.9 Å². The first-order valence-corrected chi connectivity index (χ1v) is 8.92. The first kappa shape index (κ1) is 17.1. The number of aromatic amines is 1. The molecule has 0 aliphatic rings. The lowest BCUT2D eigenvalue weighted by Crippen LogP contribution is -2.04. The van der Waals surface area contributed by atoms with Gasteiger partial charge in [-0.25, -0.2) is 9.37 Å². The highest BCUT2D eigenvalue weighted by Crippen LogP contribution is 2.26. The standard InChI is InChI=1S/C20H14FN3O2S/c21-18-8-3-12(24-27-14-6-4-13(25)5-7-14)10-16(18)19(26)17-11-23-20-15(17)2-1-9-22-20/h1-11,24-25H,(H,22,23). The number of fused-ring (bicyclic) bond motifs is 1. The Morgan fingerprint density at radius 1 is 1.11 bits per heavy atom. The van der Waals surface area contributed by atoms with Gasteiger partial charge in [0.2, 0.25) is 0 Å². The number of H-pyrrole nitrogens is 1. The summed E-state index contributed by atoms with van der Waals surface area (Å²) in [7, 11) is 0. The lowest BCUT2D eigenvalue weighted by atomic mass is 10.0. The minimum absolute atomic E-state index is 0.0175. The number of aromatic hydroxyl groups is 1. The molecular weight excluding hydrogens is 365 g/mol. The Hall–Kier alpha value is -3.32. The van der Waals surface area contributed by atoms with Gasteiger partial charge in [0.05, 0.1) is 5.56 Å². The minimum Gasteiger partial charge on any atom is -0.508 e. The molecule has 0 saturated heterocycles. The maximum atomic E-state index is 14.3. The van der Waals surface area contributed by atoms with E-state index in [2.05, 4.69) is 14.7 Å². The quantitative estimate of drug-likeness (QED) is 0.344. The number of hydrogen-bond acceptors (Lipinski definition) is 5. The largest absolute Gasteiger partial charge is 0.508 e. The van der Waals surface area contributed by atoms with Crippen molar-refractivity contribution in [2.24, 2.45) is 0 Å². The summed E-state index contributed by atoms with van der Waals surface area (Å²) < 4.78 is 17.4. The highest BCUT2D eigenvalue weighted by Gasteiger charge is 2.18. The second kappa shape index (κ2) is 7.13. The molecule has 0 aliphatic carbocycles. The van der Waals surface area contributed by atoms with Crippen molar-refractivity contribution in [2.45, 2.75) is 4.90 Å². The summed E-state index contributed by atoms with van der Waals surface area (Å²) in [5.74, 6) is -0.814. The van der Waals surface area contributed by atoms with Crippen molar-refractivity contribution in [1.29, 1.82) is 0 Å². The second-order valence-electron chi connectivity index (χ2n) is 5.82. The molecule has 4 rings (SSSR count). The van der Waals surface area contributed by atoms with Crippen LogP contribution in [0.3, 0.4) is 0 Å². The summed E-state index contributed by atoms with van der Waals surface area (Å²) in [5.41, 5.74) is 1.53. The summed E-state index contributed by atoms with van der Waals surface area (Å²) in [4.78, 5) is 20.8. The number of ketones is 1. The molecule has 0 bridgehead atoms. The Morgan fingerprint density at radius 3 is 2.74 bits per heavy atom. The van der Waals surface area contributed by atoms with Crippen LogP contribution in [0.25, 0.3) is 11.0 Å². The van der Waals surface area contributed by atoms with E-state index in [-0.39, 0.29) is 11.3 Å². The Labute approximate surface area is 158 Å². The average Bonchev–Trinajstić information content (AvgIpc) is 3.12. The number of nitrogens with one attached hydrogen (secondary N) is 2. The molecule has 5 nitrogen and oxygen atoms in total. The molecule has 27 heavy (non-hydrogen) atoms. The molecule has 4 aromatic rings. The molecule has 0 spiro atoms. The van der Waals surface area contributed by atoms with Crippen molar-refractivity contribution >= 4 is 34.5 Å².